The SMILES string of the molecule is C[C@@H]1NC(=O)[C@@H]2CCCN2C(=O)[C@@H]2CSCc3cc(cc(c3)OCCCCCCO/N=C/C(=O)N[C@@H](CCCC[NH3+])C(=O)N2)CSC[C@@H](C(N)=O)NC(=O)[C@H](CCC(=O)[O-])NC(=O)[C@H](Cc2ccc(O)cc2)NC(=O)[C@@H]2CCCN2C(=O)[C@H]([C@@H](C)O)NC(=O)[C@H](CC(=O)[O-])NC1=O. The van der Waals surface area contributed by atoms with Crippen LogP contribution in [0.15, 0.2) is 47.6 Å². The number of nitrogens with one attached hydrogen (secondary N) is 8. The van der Waals surface area contributed by atoms with E-state index in [1.165, 1.54) is 59.6 Å². The van der Waals surface area contributed by atoms with Gasteiger partial charge >= 0.3 is 0 Å². The molecule has 2 fully saturated rings. The van der Waals surface area contributed by atoms with E-state index in [4.69, 9.17) is 15.3 Å². The summed E-state index contributed by atoms with van der Waals surface area (Å²) in [5.74, 6) is -13.4. The zero-order valence-corrected chi connectivity index (χ0v) is 55.9. The van der Waals surface area contributed by atoms with Crippen LogP contribution in [0, 0.1) is 0 Å². The topological polar surface area (TPSA) is 496 Å². The van der Waals surface area contributed by atoms with Crippen LogP contribution >= 0.6 is 23.5 Å². The van der Waals surface area contributed by atoms with E-state index in [-0.39, 0.29) is 80.6 Å². The highest BCUT2D eigenvalue weighted by atomic mass is 32.2. The van der Waals surface area contributed by atoms with E-state index in [1.807, 2.05) is 6.07 Å². The van der Waals surface area contributed by atoms with E-state index in [9.17, 15) is 82.8 Å². The molecule has 4 aliphatic rings. The van der Waals surface area contributed by atoms with Gasteiger partial charge in [0.2, 0.25) is 59.1 Å². The third-order valence-electron chi connectivity index (χ3n) is 16.4. The van der Waals surface area contributed by atoms with Crippen LogP contribution in [0.4, 0.5) is 0 Å². The lowest BCUT2D eigenvalue weighted by atomic mass is 10.0. The Morgan fingerprint density at radius 3 is 1.87 bits per heavy atom. The highest BCUT2D eigenvalue weighted by molar-refractivity contribution is 7.98. The number of hydrogen-bond donors (Lipinski definition) is 12. The summed E-state index contributed by atoms with van der Waals surface area (Å²) in [5.41, 5.74) is 11.5. The second-order valence-electron chi connectivity index (χ2n) is 24.2. The number of aliphatic hydroxyl groups excluding tert-OH is 1. The molecule has 4 bridgehead atoms. The molecular weight excluding hydrogens is 1310 g/mol. The van der Waals surface area contributed by atoms with Gasteiger partial charge in [-0.25, -0.2) is 0 Å². The minimum atomic E-state index is -2.01. The molecule has 2 saturated heterocycles. The fraction of sp³-hybridized carbons (Fsp3) is 0.587. The minimum absolute atomic E-state index is 0.0242. The lowest BCUT2D eigenvalue weighted by molar-refractivity contribution is -0.368. The van der Waals surface area contributed by atoms with Crippen LogP contribution in [-0.4, -0.2) is 214 Å². The van der Waals surface area contributed by atoms with E-state index in [1.54, 1.807) is 12.1 Å². The Hall–Kier alpha value is -8.76. The van der Waals surface area contributed by atoms with Crippen LogP contribution in [0.1, 0.15) is 120 Å². The Morgan fingerprint density at radius 1 is 0.660 bits per heavy atom. The average Bonchev–Trinajstić information content (AvgIpc) is 1.76. The van der Waals surface area contributed by atoms with E-state index in [2.05, 4.69) is 53.4 Å². The van der Waals surface area contributed by atoms with Gasteiger partial charge in [-0.1, -0.05) is 23.4 Å². The number of aliphatic carboxylic acids is 2. The number of oxime groups is 1. The summed E-state index contributed by atoms with van der Waals surface area (Å²) in [6.45, 7) is 3.24. The first kappa shape index (κ1) is 77.2. The molecule has 34 heteroatoms. The Labute approximate surface area is 568 Å². The number of benzene rings is 2. The number of amides is 11. The second-order valence-corrected chi connectivity index (χ2v) is 26.2. The van der Waals surface area contributed by atoms with Crippen molar-refractivity contribution >= 4 is 107 Å². The van der Waals surface area contributed by atoms with Gasteiger partial charge in [0.05, 0.1) is 19.3 Å². The largest absolute Gasteiger partial charge is 0.550 e. The zero-order valence-electron chi connectivity index (χ0n) is 54.2. The predicted octanol–water partition coefficient (Wildman–Crippen LogP) is -5.10. The maximum absolute atomic E-state index is 15.0. The van der Waals surface area contributed by atoms with Crippen LogP contribution in [-0.2, 0) is 85.1 Å². The van der Waals surface area contributed by atoms with Crippen molar-refractivity contribution in [3.05, 3.63) is 59.2 Å². The summed E-state index contributed by atoms with van der Waals surface area (Å²) in [4.78, 5) is 187. The van der Waals surface area contributed by atoms with Gasteiger partial charge in [0, 0.05) is 60.9 Å². The highest BCUT2D eigenvalue weighted by Gasteiger charge is 2.43. The lowest BCUT2D eigenvalue weighted by Crippen LogP contribution is -2.62. The summed E-state index contributed by atoms with van der Waals surface area (Å²) in [6.07, 6.45) is 0.783. The molecule has 11 atom stereocenters. The lowest BCUT2D eigenvalue weighted by Gasteiger charge is -2.32. The molecule has 15 N–H and O–H groups in total. The Bertz CT molecular complexity index is 3160. The summed E-state index contributed by atoms with van der Waals surface area (Å²) in [6, 6.07) is -4.37. The van der Waals surface area contributed by atoms with Crippen LogP contribution in [0.25, 0.3) is 0 Å². The number of rotatable bonds is 13. The van der Waals surface area contributed by atoms with Crippen LogP contribution in [0.5, 0.6) is 11.5 Å². The number of carboxylic acids is 2. The van der Waals surface area contributed by atoms with Crippen molar-refractivity contribution in [2.24, 2.45) is 10.9 Å². The number of thioether (sulfide) groups is 2. The van der Waals surface area contributed by atoms with E-state index in [0.29, 0.717) is 67.7 Å². The molecule has 2 aromatic carbocycles. The number of carbonyl (C=O) groups is 13. The number of phenolic OH excluding ortho intramolecular Hbond substituents is 1. The summed E-state index contributed by atoms with van der Waals surface area (Å²) < 4.78 is 6.26. The number of hydrogen-bond acceptors (Lipinski definition) is 22. The molecule has 0 unspecified atom stereocenters. The van der Waals surface area contributed by atoms with Crippen molar-refractivity contribution in [1.29, 1.82) is 0 Å². The van der Waals surface area contributed by atoms with Crippen LogP contribution < -0.4 is 69.0 Å². The Kier molecular flexibility index (Phi) is 30.9. The number of carboxylic acid groups (broad SMARTS) is 2. The van der Waals surface area contributed by atoms with Gasteiger partial charge in [0.1, 0.15) is 84.7 Å². The number of nitrogens with zero attached hydrogens (tertiary/aromatic N) is 3. The normalized spacial score (nSPS) is 26.4. The van der Waals surface area contributed by atoms with Gasteiger partial charge in [-0.05, 0) is 138 Å². The summed E-state index contributed by atoms with van der Waals surface area (Å²) in [5, 5.41) is 69.0. The van der Waals surface area contributed by atoms with E-state index in [0.717, 1.165) is 30.9 Å². The molecule has 0 spiro atoms. The molecule has 97 heavy (non-hydrogen) atoms. The molecule has 0 aromatic heterocycles. The first-order valence-electron chi connectivity index (χ1n) is 32.4. The number of primary amides is 1. The smallest absolute Gasteiger partial charge is 0.266 e. The standard InChI is InChI=1S/C63H89N13O19S2/c1-35-55(85)70-45(29-52(82)83)59(89)74-53(36(2)77)63(93)76-22-10-13-49(76)61(91)71-44(28-37-14-16-40(78)17-15-37)58(88)69-43(18-19-51(80)81)57(87)72-46(54(65)84)33-96-31-38-25-39-27-41(26-38)94-23-7-3-4-8-24-95-66-30-50(79)68-42(11-5-6-20-64)56(86)73-47(34-97-32-39)62(92)75-21-9-12-48(75)60(90)67-35/h14-17,25-27,30,35-36,42-49,53,77-78H,3-13,18-24,28-29,31-34,64H2,1-2H3,(H2,65,84)(H,67,90)(H,68,79)(H,69,88)(H,70,85)(H,71,91)(H,72,87)(H,73,86)(H,74,89)(H,80,81)(H,82,83)/p-1/b66-30+/t35-,36+,42-,43-,44-,45-,46-,47-,48-,49-,53-/m0/s1. The van der Waals surface area contributed by atoms with Gasteiger partial charge < -0.3 is 103 Å². The summed E-state index contributed by atoms with van der Waals surface area (Å²) >= 11 is 2.41. The van der Waals surface area contributed by atoms with E-state index < -0.39 is 163 Å². The predicted molar refractivity (Wildman–Crippen MR) is 346 cm³/mol. The number of unbranched alkanes of at least 4 members (excludes halogenated alkanes) is 1. The Morgan fingerprint density at radius 2 is 1.24 bits per heavy atom. The van der Waals surface area contributed by atoms with E-state index >= 15 is 0 Å². The fourth-order valence-electron chi connectivity index (χ4n) is 11.3. The van der Waals surface area contributed by atoms with Gasteiger partial charge in [-0.2, -0.15) is 23.5 Å². The number of nitrogens with two attached hydrogens (primary N) is 1. The minimum Gasteiger partial charge on any atom is -0.550 e. The molecule has 0 radical (unpaired) electrons. The molecule has 532 valence electrons. The third kappa shape index (κ3) is 24.7. The molecule has 0 aliphatic carbocycles. The van der Waals surface area contributed by atoms with Crippen LogP contribution in [0.2, 0.25) is 0 Å². The third-order valence-corrected chi connectivity index (χ3v) is 18.6. The number of carbonyl (C=O) groups excluding carboxylic acids is 13. The molecule has 4 aliphatic heterocycles. The number of fused-ring (bicyclic) bond motifs is 7. The molecule has 6 rings (SSSR count). The van der Waals surface area contributed by atoms with Crippen molar-refractivity contribution in [3.8, 4) is 11.5 Å². The molecule has 4 heterocycles. The first-order chi connectivity index (χ1) is 46.3. The van der Waals surface area contributed by atoms with Crippen molar-refractivity contribution in [2.75, 3.05) is 44.4 Å². The molecule has 11 amide bonds. The van der Waals surface area contributed by atoms with Crippen molar-refractivity contribution in [2.45, 2.75) is 188 Å². The number of ether oxygens (including phenoxy) is 1. The molecular formula is C63H88N13O19S2-. The van der Waals surface area contributed by atoms with Gasteiger partial charge in [0.25, 0.3) is 5.91 Å². The number of quaternary nitrogens is 1. The highest BCUT2D eigenvalue weighted by Crippen LogP contribution is 2.28. The molecule has 2 aromatic rings. The summed E-state index contributed by atoms with van der Waals surface area (Å²) in [7, 11) is 0. The maximum atomic E-state index is 15.0. The average molecular weight is 1400 g/mol. The number of phenols is 1. The zero-order chi connectivity index (χ0) is 70.7. The number of aromatic hydroxyl groups is 1. The first-order valence-corrected chi connectivity index (χ1v) is 34.7. The number of aliphatic hydroxyl groups is 1. The Balaban J connectivity index is 1.39. The van der Waals surface area contributed by atoms with Crippen molar-refractivity contribution < 1.29 is 98.1 Å². The van der Waals surface area contributed by atoms with Gasteiger partial charge in [0.15, 0.2) is 0 Å². The van der Waals surface area contributed by atoms with Crippen molar-refractivity contribution in [3.63, 3.8) is 0 Å². The van der Waals surface area contributed by atoms with Gasteiger partial charge in [-0.3, -0.25) is 52.7 Å². The van der Waals surface area contributed by atoms with Gasteiger partial charge in [-0.15, -0.1) is 0 Å². The molecule has 0 saturated carbocycles. The second kappa shape index (κ2) is 38.8. The quantitative estimate of drug-likeness (QED) is 0.0835. The molecule has 32 nitrogen and oxygen atoms in total. The van der Waals surface area contributed by atoms with Crippen molar-refractivity contribution in [1.82, 2.24) is 52.3 Å². The maximum Gasteiger partial charge on any atom is 0.266 e. The van der Waals surface area contributed by atoms with Crippen LogP contribution in [0.3, 0.4) is 0 Å². The fourth-order valence-corrected chi connectivity index (χ4v) is 13.2. The monoisotopic (exact) mass is 1390 g/mol.